The van der Waals surface area contributed by atoms with Crippen LogP contribution in [-0.2, 0) is 12.8 Å². The predicted molar refractivity (Wildman–Crippen MR) is 104 cm³/mol. The van der Waals surface area contributed by atoms with Gasteiger partial charge in [-0.15, -0.1) is 0 Å². The number of anilines is 1. The predicted octanol–water partition coefficient (Wildman–Crippen LogP) is 4.94. The number of nitrogens with two attached hydrogens (primary N) is 1. The molecule has 0 aromatic heterocycles. The van der Waals surface area contributed by atoms with Crippen molar-refractivity contribution in [3.63, 3.8) is 0 Å². The summed E-state index contributed by atoms with van der Waals surface area (Å²) in [4.78, 5) is 0. The Morgan fingerprint density at radius 2 is 1.48 bits per heavy atom. The van der Waals surface area contributed by atoms with Gasteiger partial charge in [0.15, 0.2) is 0 Å². The van der Waals surface area contributed by atoms with Crippen molar-refractivity contribution in [2.24, 2.45) is 0 Å². The van der Waals surface area contributed by atoms with E-state index >= 15 is 0 Å². The van der Waals surface area contributed by atoms with Gasteiger partial charge in [0.25, 0.3) is 0 Å². The van der Waals surface area contributed by atoms with Gasteiger partial charge in [-0.05, 0) is 78.3 Å². The van der Waals surface area contributed by atoms with E-state index in [1.807, 2.05) is 24.3 Å². The lowest BCUT2D eigenvalue weighted by Gasteiger charge is -2.25. The molecule has 1 aliphatic rings. The summed E-state index contributed by atoms with van der Waals surface area (Å²) in [6.45, 7) is 0. The van der Waals surface area contributed by atoms with E-state index in [2.05, 4.69) is 60.4 Å². The molecule has 4 rings (SSSR count). The molecule has 0 bridgehead atoms. The highest BCUT2D eigenvalue weighted by molar-refractivity contribution is 5.49. The lowest BCUT2D eigenvalue weighted by atomic mass is 9.80. The molecule has 2 N–H and O–H groups in total. The molecule has 3 aromatic carbocycles. The molecule has 0 saturated carbocycles. The van der Waals surface area contributed by atoms with E-state index in [1.165, 1.54) is 23.1 Å². The van der Waals surface area contributed by atoms with E-state index in [-0.39, 0.29) is 0 Å². The topological polar surface area (TPSA) is 26.0 Å². The van der Waals surface area contributed by atoms with E-state index in [0.717, 1.165) is 29.7 Å². The Hall–Kier alpha value is -2.98. The van der Waals surface area contributed by atoms with Gasteiger partial charge in [-0.1, -0.05) is 48.2 Å². The second-order valence-electron chi connectivity index (χ2n) is 6.71. The fourth-order valence-corrected chi connectivity index (χ4v) is 3.55. The van der Waals surface area contributed by atoms with Crippen molar-refractivity contribution >= 4 is 5.69 Å². The molecule has 0 fully saturated rings. The number of hydrogen-bond acceptors (Lipinski definition) is 1. The van der Waals surface area contributed by atoms with Crippen molar-refractivity contribution in [1.29, 1.82) is 0 Å². The molecule has 0 aliphatic heterocycles. The Kier molecular flexibility index (Phi) is 4.27. The fourth-order valence-electron chi connectivity index (χ4n) is 3.55. The number of aryl methyl sites for hydroxylation is 1. The Labute approximate surface area is 149 Å². The molecule has 1 aliphatic carbocycles. The summed E-state index contributed by atoms with van der Waals surface area (Å²) in [6.07, 6.45) is 3.48. The minimum Gasteiger partial charge on any atom is -0.399 e. The van der Waals surface area contributed by atoms with Gasteiger partial charge in [0.1, 0.15) is 0 Å². The second-order valence-corrected chi connectivity index (χ2v) is 6.71. The van der Waals surface area contributed by atoms with Crippen molar-refractivity contribution in [1.82, 2.24) is 0 Å². The van der Waals surface area contributed by atoms with Gasteiger partial charge in [0, 0.05) is 16.8 Å². The first-order valence-corrected chi connectivity index (χ1v) is 8.82. The van der Waals surface area contributed by atoms with Crippen LogP contribution >= 0.6 is 0 Å². The van der Waals surface area contributed by atoms with Crippen LogP contribution in [0.1, 0.15) is 40.2 Å². The van der Waals surface area contributed by atoms with Gasteiger partial charge < -0.3 is 5.73 Å². The Morgan fingerprint density at radius 3 is 2.28 bits per heavy atom. The second kappa shape index (κ2) is 6.87. The zero-order valence-electron chi connectivity index (χ0n) is 14.2. The van der Waals surface area contributed by atoms with Crippen LogP contribution in [0.25, 0.3) is 0 Å². The summed E-state index contributed by atoms with van der Waals surface area (Å²) < 4.78 is 0. The lowest BCUT2D eigenvalue weighted by molar-refractivity contribution is 0.585. The standard InChI is InChI=1S/C24H21N/c25-24-14-9-18(10-15-24)6-7-19-8-11-23-17-22(13-12-21(23)16-19)20-4-2-1-3-5-20/h1-5,8-11,14-16,22H,12-13,17,25H2. The van der Waals surface area contributed by atoms with Crippen LogP contribution in [0.15, 0.2) is 72.8 Å². The Bertz CT molecular complexity index is 927. The third-order valence-electron chi connectivity index (χ3n) is 4.97. The highest BCUT2D eigenvalue weighted by Gasteiger charge is 2.19. The molecule has 0 saturated heterocycles. The summed E-state index contributed by atoms with van der Waals surface area (Å²) in [5.74, 6) is 7.15. The number of nitrogen functional groups attached to an aromatic ring is 1. The van der Waals surface area contributed by atoms with Gasteiger partial charge in [-0.25, -0.2) is 0 Å². The fraction of sp³-hybridized carbons (Fsp3) is 0.167. The molecule has 1 unspecified atom stereocenters. The van der Waals surface area contributed by atoms with Crippen LogP contribution in [0.3, 0.4) is 0 Å². The van der Waals surface area contributed by atoms with Crippen LogP contribution in [0, 0.1) is 11.8 Å². The minimum absolute atomic E-state index is 0.639. The molecular formula is C24H21N. The van der Waals surface area contributed by atoms with Crippen LogP contribution in [-0.4, -0.2) is 0 Å². The van der Waals surface area contributed by atoms with E-state index in [1.54, 1.807) is 0 Å². The SMILES string of the molecule is Nc1ccc(C#Cc2ccc3c(c2)CCC(c2ccccc2)C3)cc1. The van der Waals surface area contributed by atoms with E-state index < -0.39 is 0 Å². The average Bonchev–Trinajstić information content (AvgIpc) is 2.68. The van der Waals surface area contributed by atoms with Crippen molar-refractivity contribution in [3.05, 3.63) is 101 Å². The lowest BCUT2D eigenvalue weighted by Crippen LogP contribution is -2.12. The normalized spacial score (nSPS) is 15.8. The molecular weight excluding hydrogens is 302 g/mol. The van der Waals surface area contributed by atoms with E-state index in [4.69, 9.17) is 5.73 Å². The molecule has 0 spiro atoms. The number of benzene rings is 3. The highest BCUT2D eigenvalue weighted by Crippen LogP contribution is 2.32. The molecule has 0 radical (unpaired) electrons. The average molecular weight is 323 g/mol. The molecule has 0 heterocycles. The third-order valence-corrected chi connectivity index (χ3v) is 4.97. The molecule has 1 atom stereocenters. The van der Waals surface area contributed by atoms with Crippen molar-refractivity contribution in [3.8, 4) is 11.8 Å². The molecule has 25 heavy (non-hydrogen) atoms. The van der Waals surface area contributed by atoms with E-state index in [0.29, 0.717) is 5.92 Å². The minimum atomic E-state index is 0.639. The van der Waals surface area contributed by atoms with Crippen molar-refractivity contribution < 1.29 is 0 Å². The maximum atomic E-state index is 5.72. The van der Waals surface area contributed by atoms with Gasteiger partial charge >= 0.3 is 0 Å². The van der Waals surface area contributed by atoms with Crippen LogP contribution in [0.2, 0.25) is 0 Å². The van der Waals surface area contributed by atoms with Gasteiger partial charge in [-0.2, -0.15) is 0 Å². The summed E-state index contributed by atoms with van der Waals surface area (Å²) in [7, 11) is 0. The molecule has 1 heteroatoms. The quantitative estimate of drug-likeness (QED) is 0.498. The van der Waals surface area contributed by atoms with Crippen molar-refractivity contribution in [2.45, 2.75) is 25.2 Å². The number of rotatable bonds is 1. The van der Waals surface area contributed by atoms with E-state index in [9.17, 15) is 0 Å². The van der Waals surface area contributed by atoms with Crippen LogP contribution in [0.4, 0.5) is 5.69 Å². The smallest absolute Gasteiger partial charge is 0.0314 e. The highest BCUT2D eigenvalue weighted by atomic mass is 14.5. The molecule has 122 valence electrons. The van der Waals surface area contributed by atoms with Gasteiger partial charge in [0.05, 0.1) is 0 Å². The molecule has 3 aromatic rings. The zero-order chi connectivity index (χ0) is 17.1. The Balaban J connectivity index is 1.53. The monoisotopic (exact) mass is 323 g/mol. The largest absolute Gasteiger partial charge is 0.399 e. The number of hydrogen-bond donors (Lipinski definition) is 1. The number of fused-ring (bicyclic) bond motifs is 1. The summed E-state index contributed by atoms with van der Waals surface area (Å²) >= 11 is 0. The molecule has 1 nitrogen and oxygen atoms in total. The summed E-state index contributed by atoms with van der Waals surface area (Å²) in [6, 6.07) is 25.3. The van der Waals surface area contributed by atoms with Crippen LogP contribution < -0.4 is 5.73 Å². The summed E-state index contributed by atoms with van der Waals surface area (Å²) in [5, 5.41) is 0. The summed E-state index contributed by atoms with van der Waals surface area (Å²) in [5.41, 5.74) is 13.0. The maximum Gasteiger partial charge on any atom is 0.0314 e. The zero-order valence-corrected chi connectivity index (χ0v) is 14.2. The maximum absolute atomic E-state index is 5.72. The van der Waals surface area contributed by atoms with Crippen molar-refractivity contribution in [2.75, 3.05) is 5.73 Å². The first-order valence-electron chi connectivity index (χ1n) is 8.82. The molecule has 0 amide bonds. The first kappa shape index (κ1) is 15.5. The third kappa shape index (κ3) is 3.59. The van der Waals surface area contributed by atoms with Crippen LogP contribution in [0.5, 0.6) is 0 Å². The first-order chi connectivity index (χ1) is 12.3. The Morgan fingerprint density at radius 1 is 0.760 bits per heavy atom. The van der Waals surface area contributed by atoms with Gasteiger partial charge in [-0.3, -0.25) is 0 Å². The van der Waals surface area contributed by atoms with Gasteiger partial charge in [0.2, 0.25) is 0 Å².